The highest BCUT2D eigenvalue weighted by Gasteiger charge is 2.11. The maximum atomic E-state index is 11.1. The van der Waals surface area contributed by atoms with E-state index in [0.29, 0.717) is 11.7 Å². The Bertz CT molecular complexity index is 333. The first-order valence-corrected chi connectivity index (χ1v) is 4.86. The molecule has 1 heterocycles. The molecule has 0 bridgehead atoms. The predicted molar refractivity (Wildman–Crippen MR) is 53.9 cm³/mol. The number of aromatic nitrogens is 2. The molecule has 1 rings (SSSR count). The Morgan fingerprint density at radius 3 is 2.67 bits per heavy atom. The Kier molecular flexibility index (Phi) is 3.79. The number of carbonyl (C=O) groups is 1. The lowest BCUT2D eigenvalue weighted by Crippen LogP contribution is -2.37. The van der Waals surface area contributed by atoms with E-state index in [2.05, 4.69) is 15.5 Å². The molecule has 0 aliphatic rings. The van der Waals surface area contributed by atoms with Gasteiger partial charge in [0.2, 0.25) is 11.8 Å². The molecule has 1 aromatic heterocycles. The van der Waals surface area contributed by atoms with E-state index in [9.17, 15) is 4.79 Å². The molecule has 15 heavy (non-hydrogen) atoms. The van der Waals surface area contributed by atoms with Crippen LogP contribution in [0.15, 0.2) is 4.52 Å². The van der Waals surface area contributed by atoms with Gasteiger partial charge in [0.1, 0.15) is 0 Å². The summed E-state index contributed by atoms with van der Waals surface area (Å²) in [6, 6.07) is -0.530. The first-order chi connectivity index (χ1) is 7.00. The summed E-state index contributed by atoms with van der Waals surface area (Å²) in [6.45, 7) is 5.77. The fraction of sp³-hybridized carbons (Fsp3) is 0.667. The Balaban J connectivity index is 2.48. The van der Waals surface area contributed by atoms with Crippen molar-refractivity contribution in [1.29, 1.82) is 0 Å². The van der Waals surface area contributed by atoms with E-state index >= 15 is 0 Å². The van der Waals surface area contributed by atoms with Gasteiger partial charge in [0.05, 0.1) is 12.6 Å². The molecule has 0 fully saturated rings. The van der Waals surface area contributed by atoms with Gasteiger partial charge < -0.3 is 15.6 Å². The van der Waals surface area contributed by atoms with Crippen molar-refractivity contribution < 1.29 is 9.32 Å². The van der Waals surface area contributed by atoms with Crippen LogP contribution in [-0.2, 0) is 11.3 Å². The van der Waals surface area contributed by atoms with Gasteiger partial charge in [0.15, 0.2) is 5.82 Å². The van der Waals surface area contributed by atoms with Gasteiger partial charge in [-0.25, -0.2) is 0 Å². The van der Waals surface area contributed by atoms with Crippen LogP contribution in [-0.4, -0.2) is 22.1 Å². The number of rotatable bonds is 4. The number of hydrogen-bond donors (Lipinski definition) is 2. The second kappa shape index (κ2) is 4.88. The molecule has 0 aliphatic heterocycles. The molecule has 0 unspecified atom stereocenters. The SMILES string of the molecule is CC(C)c1noc(CNC(=O)[C@@H](C)N)n1. The molecule has 1 atom stereocenters. The molecule has 1 amide bonds. The average molecular weight is 212 g/mol. The lowest BCUT2D eigenvalue weighted by Gasteiger charge is -2.03. The standard InChI is InChI=1S/C9H16N4O2/c1-5(2)8-12-7(15-13-8)4-11-9(14)6(3)10/h5-6H,4,10H2,1-3H3,(H,11,14)/t6-/m1/s1. The number of hydrogen-bond acceptors (Lipinski definition) is 5. The van der Waals surface area contributed by atoms with Gasteiger partial charge in [0, 0.05) is 5.92 Å². The van der Waals surface area contributed by atoms with Crippen LogP contribution < -0.4 is 11.1 Å². The van der Waals surface area contributed by atoms with E-state index < -0.39 is 6.04 Å². The number of nitrogens with zero attached hydrogens (tertiary/aromatic N) is 2. The molecule has 0 radical (unpaired) electrons. The zero-order chi connectivity index (χ0) is 11.4. The third kappa shape index (κ3) is 3.32. The van der Waals surface area contributed by atoms with E-state index in [1.165, 1.54) is 0 Å². The quantitative estimate of drug-likeness (QED) is 0.741. The molecule has 6 nitrogen and oxygen atoms in total. The van der Waals surface area contributed by atoms with Crippen molar-refractivity contribution in [3.05, 3.63) is 11.7 Å². The molecule has 0 saturated carbocycles. The van der Waals surface area contributed by atoms with Crippen molar-refractivity contribution in [2.75, 3.05) is 0 Å². The van der Waals surface area contributed by atoms with Crippen molar-refractivity contribution in [2.45, 2.75) is 39.3 Å². The zero-order valence-corrected chi connectivity index (χ0v) is 9.15. The van der Waals surface area contributed by atoms with Gasteiger partial charge >= 0.3 is 0 Å². The van der Waals surface area contributed by atoms with Crippen LogP contribution in [0.2, 0.25) is 0 Å². The first-order valence-electron chi connectivity index (χ1n) is 4.86. The first kappa shape index (κ1) is 11.6. The van der Waals surface area contributed by atoms with E-state index in [1.54, 1.807) is 6.92 Å². The second-order valence-electron chi connectivity index (χ2n) is 3.71. The van der Waals surface area contributed by atoms with Crippen LogP contribution in [0.5, 0.6) is 0 Å². The molecule has 3 N–H and O–H groups in total. The minimum atomic E-state index is -0.530. The third-order valence-electron chi connectivity index (χ3n) is 1.83. The highest BCUT2D eigenvalue weighted by atomic mass is 16.5. The lowest BCUT2D eigenvalue weighted by molar-refractivity contribution is -0.122. The van der Waals surface area contributed by atoms with Gasteiger partial charge in [0.25, 0.3) is 0 Å². The van der Waals surface area contributed by atoms with Crippen molar-refractivity contribution in [3.8, 4) is 0 Å². The molecule has 84 valence electrons. The summed E-state index contributed by atoms with van der Waals surface area (Å²) in [5.41, 5.74) is 5.37. The normalized spacial score (nSPS) is 12.9. The maximum absolute atomic E-state index is 11.1. The van der Waals surface area contributed by atoms with Crippen molar-refractivity contribution in [3.63, 3.8) is 0 Å². The Morgan fingerprint density at radius 2 is 2.20 bits per heavy atom. The van der Waals surface area contributed by atoms with E-state index in [0.717, 1.165) is 0 Å². The zero-order valence-electron chi connectivity index (χ0n) is 9.15. The topological polar surface area (TPSA) is 94.0 Å². The Labute approximate surface area is 88.2 Å². The fourth-order valence-electron chi connectivity index (χ4n) is 0.898. The molecule has 0 aliphatic carbocycles. The lowest BCUT2D eigenvalue weighted by atomic mass is 10.2. The van der Waals surface area contributed by atoms with Crippen molar-refractivity contribution in [2.24, 2.45) is 5.73 Å². The summed E-state index contributed by atoms with van der Waals surface area (Å²) >= 11 is 0. The molecule has 0 aromatic carbocycles. The number of nitrogens with one attached hydrogen (secondary N) is 1. The Hall–Kier alpha value is -1.43. The number of nitrogens with two attached hydrogens (primary N) is 1. The van der Waals surface area contributed by atoms with Crippen LogP contribution in [0.25, 0.3) is 0 Å². The van der Waals surface area contributed by atoms with E-state index in [4.69, 9.17) is 10.3 Å². The predicted octanol–water partition coefficient (Wildman–Crippen LogP) is 0.156. The summed E-state index contributed by atoms with van der Waals surface area (Å²) in [5.74, 6) is 1.01. The van der Waals surface area contributed by atoms with Gasteiger partial charge in [-0.3, -0.25) is 4.79 Å². The highest BCUT2D eigenvalue weighted by Crippen LogP contribution is 2.09. The summed E-state index contributed by atoms with van der Waals surface area (Å²) in [5, 5.41) is 6.36. The second-order valence-corrected chi connectivity index (χ2v) is 3.71. The number of amides is 1. The molecule has 1 aromatic rings. The van der Waals surface area contributed by atoms with Gasteiger partial charge in [-0.15, -0.1) is 0 Å². The van der Waals surface area contributed by atoms with Crippen LogP contribution in [0, 0.1) is 0 Å². The molecule has 0 saturated heterocycles. The summed E-state index contributed by atoms with van der Waals surface area (Å²) < 4.78 is 4.94. The third-order valence-corrected chi connectivity index (χ3v) is 1.83. The average Bonchev–Trinajstić information content (AvgIpc) is 2.62. The molecule has 0 spiro atoms. The molecular formula is C9H16N4O2. The summed E-state index contributed by atoms with van der Waals surface area (Å²) in [7, 11) is 0. The minimum Gasteiger partial charge on any atom is -0.346 e. The minimum absolute atomic E-state index is 0.214. The molecule has 6 heteroatoms. The fourth-order valence-corrected chi connectivity index (χ4v) is 0.898. The summed E-state index contributed by atoms with van der Waals surface area (Å²) in [6.07, 6.45) is 0. The monoisotopic (exact) mass is 212 g/mol. The summed E-state index contributed by atoms with van der Waals surface area (Å²) in [4.78, 5) is 15.2. The largest absolute Gasteiger partial charge is 0.346 e. The highest BCUT2D eigenvalue weighted by molar-refractivity contribution is 5.80. The van der Waals surface area contributed by atoms with Crippen molar-refractivity contribution in [1.82, 2.24) is 15.5 Å². The van der Waals surface area contributed by atoms with Crippen molar-refractivity contribution >= 4 is 5.91 Å². The van der Waals surface area contributed by atoms with Gasteiger partial charge in [-0.05, 0) is 6.92 Å². The maximum Gasteiger partial charge on any atom is 0.246 e. The molecular weight excluding hydrogens is 196 g/mol. The van der Waals surface area contributed by atoms with Crippen LogP contribution >= 0.6 is 0 Å². The van der Waals surface area contributed by atoms with E-state index in [1.807, 2.05) is 13.8 Å². The van der Waals surface area contributed by atoms with Gasteiger partial charge in [-0.1, -0.05) is 19.0 Å². The van der Waals surface area contributed by atoms with Crippen LogP contribution in [0.4, 0.5) is 0 Å². The van der Waals surface area contributed by atoms with Crippen LogP contribution in [0.1, 0.15) is 38.4 Å². The smallest absolute Gasteiger partial charge is 0.246 e. The number of carbonyl (C=O) groups excluding carboxylic acids is 1. The Morgan fingerprint density at radius 1 is 1.53 bits per heavy atom. The van der Waals surface area contributed by atoms with Crippen LogP contribution in [0.3, 0.4) is 0 Å². The van der Waals surface area contributed by atoms with E-state index in [-0.39, 0.29) is 18.4 Å². The van der Waals surface area contributed by atoms with Gasteiger partial charge in [-0.2, -0.15) is 4.98 Å².